The van der Waals surface area contributed by atoms with Gasteiger partial charge in [0.05, 0.1) is 17.0 Å². The van der Waals surface area contributed by atoms with Crippen LogP contribution in [0.5, 0.6) is 5.75 Å². The van der Waals surface area contributed by atoms with Crippen molar-refractivity contribution in [1.82, 2.24) is 15.5 Å². The fraction of sp³-hybridized carbons (Fsp3) is 0.704. The molecule has 1 aromatic rings. The number of amides is 2. The van der Waals surface area contributed by atoms with E-state index in [0.29, 0.717) is 24.5 Å². The Hall–Kier alpha value is -2.08. The molecule has 0 saturated carbocycles. The molecule has 2 amide bonds. The van der Waals surface area contributed by atoms with Gasteiger partial charge in [0, 0.05) is 13.1 Å². The lowest BCUT2D eigenvalue weighted by atomic mass is 9.73. The highest BCUT2D eigenvalue weighted by Gasteiger charge is 2.41. The van der Waals surface area contributed by atoms with Crippen LogP contribution in [-0.2, 0) is 4.79 Å². The molecule has 0 aromatic heterocycles. The van der Waals surface area contributed by atoms with Gasteiger partial charge < -0.3 is 20.3 Å². The number of para-hydroxylation sites is 1. The van der Waals surface area contributed by atoms with Gasteiger partial charge in [0.1, 0.15) is 12.4 Å². The average molecular weight is 458 g/mol. The summed E-state index contributed by atoms with van der Waals surface area (Å²) in [4.78, 5) is 28.7. The van der Waals surface area contributed by atoms with E-state index in [4.69, 9.17) is 4.74 Å². The normalized spacial score (nSPS) is 23.1. The maximum Gasteiger partial charge on any atom is 0.255 e. The Morgan fingerprint density at radius 1 is 1.06 bits per heavy atom. The third kappa shape index (κ3) is 6.95. The number of likely N-dealkylation sites (tertiary alicyclic amines) is 1. The first kappa shape index (κ1) is 25.5. The Morgan fingerprint density at radius 3 is 2.52 bits per heavy atom. The van der Waals surface area contributed by atoms with Gasteiger partial charge in [-0.05, 0) is 63.7 Å². The van der Waals surface area contributed by atoms with E-state index in [1.54, 1.807) is 6.07 Å². The molecule has 184 valence electrons. The van der Waals surface area contributed by atoms with Crippen molar-refractivity contribution < 1.29 is 14.3 Å². The van der Waals surface area contributed by atoms with Gasteiger partial charge in [-0.15, -0.1) is 0 Å². The Kier molecular flexibility index (Phi) is 9.60. The van der Waals surface area contributed by atoms with Crippen molar-refractivity contribution in [3.8, 4) is 5.75 Å². The quantitative estimate of drug-likeness (QED) is 0.703. The predicted octanol–water partition coefficient (Wildman–Crippen LogP) is 4.39. The number of carbonyl (C=O) groups is 2. The van der Waals surface area contributed by atoms with Gasteiger partial charge in [-0.25, -0.2) is 0 Å². The largest absolute Gasteiger partial charge is 0.491 e. The number of ether oxygens (including phenoxy) is 1. The number of carbonyl (C=O) groups excluding carboxylic acids is 2. The number of benzene rings is 1. The number of hydrogen-bond donors (Lipinski definition) is 2. The van der Waals surface area contributed by atoms with Crippen LogP contribution in [0.4, 0.5) is 0 Å². The minimum atomic E-state index is -0.292. The van der Waals surface area contributed by atoms with Crippen molar-refractivity contribution in [3.05, 3.63) is 29.8 Å². The molecule has 1 saturated heterocycles. The maximum absolute atomic E-state index is 13.5. The first-order valence-corrected chi connectivity index (χ1v) is 13.0. The predicted molar refractivity (Wildman–Crippen MR) is 133 cm³/mol. The van der Waals surface area contributed by atoms with Crippen LogP contribution in [0.25, 0.3) is 0 Å². The molecule has 2 N–H and O–H groups in total. The van der Waals surface area contributed by atoms with Crippen molar-refractivity contribution in [1.29, 1.82) is 0 Å². The second-order valence-corrected chi connectivity index (χ2v) is 10.0. The van der Waals surface area contributed by atoms with Gasteiger partial charge in [-0.3, -0.25) is 9.59 Å². The summed E-state index contributed by atoms with van der Waals surface area (Å²) in [6, 6.07) is 7.20. The first-order valence-electron chi connectivity index (χ1n) is 13.0. The van der Waals surface area contributed by atoms with Crippen LogP contribution >= 0.6 is 0 Å². The van der Waals surface area contributed by atoms with E-state index in [-0.39, 0.29) is 23.3 Å². The van der Waals surface area contributed by atoms with Crippen LogP contribution in [0.3, 0.4) is 0 Å². The van der Waals surface area contributed by atoms with Crippen LogP contribution in [0.15, 0.2) is 24.3 Å². The summed E-state index contributed by atoms with van der Waals surface area (Å²) < 4.78 is 5.97. The van der Waals surface area contributed by atoms with E-state index in [0.717, 1.165) is 64.1 Å². The third-order valence-corrected chi connectivity index (χ3v) is 7.58. The molecule has 1 fully saturated rings. The van der Waals surface area contributed by atoms with Crippen LogP contribution < -0.4 is 15.4 Å². The summed E-state index contributed by atoms with van der Waals surface area (Å²) in [6.07, 6.45) is 8.14. The molecule has 0 radical (unpaired) electrons. The summed E-state index contributed by atoms with van der Waals surface area (Å²) in [7, 11) is 0. The Morgan fingerprint density at radius 2 is 1.79 bits per heavy atom. The summed E-state index contributed by atoms with van der Waals surface area (Å²) in [6.45, 7) is 10.7. The molecular formula is C27H43N3O3. The molecule has 1 spiro atoms. The van der Waals surface area contributed by atoms with Crippen LogP contribution in [0, 0.1) is 11.3 Å². The lowest BCUT2D eigenvalue weighted by molar-refractivity contribution is -0.135. The molecule has 2 aliphatic rings. The molecule has 3 rings (SSSR count). The highest BCUT2D eigenvalue weighted by atomic mass is 16.5. The Labute approximate surface area is 199 Å². The van der Waals surface area contributed by atoms with Crippen molar-refractivity contribution in [2.45, 2.75) is 78.2 Å². The molecule has 1 atom stereocenters. The van der Waals surface area contributed by atoms with Crippen molar-refractivity contribution >= 4 is 11.8 Å². The molecule has 1 aromatic carbocycles. The SMILES string of the molecule is CCC(CC)CN1CCC2(CCCCCNC(=O)c3ccccc3OC[C@H](C)NC2=O)CC1. The maximum atomic E-state index is 13.5. The van der Waals surface area contributed by atoms with Gasteiger partial charge >= 0.3 is 0 Å². The number of rotatable bonds is 4. The van der Waals surface area contributed by atoms with Crippen molar-refractivity contribution in [3.63, 3.8) is 0 Å². The molecule has 2 aliphatic heterocycles. The zero-order valence-corrected chi connectivity index (χ0v) is 20.8. The second kappa shape index (κ2) is 12.4. The topological polar surface area (TPSA) is 70.7 Å². The zero-order valence-electron chi connectivity index (χ0n) is 20.8. The summed E-state index contributed by atoms with van der Waals surface area (Å²) in [5.74, 6) is 1.39. The van der Waals surface area contributed by atoms with Gasteiger partial charge in [0.2, 0.25) is 5.91 Å². The molecule has 2 heterocycles. The first-order chi connectivity index (χ1) is 16.0. The number of nitrogens with one attached hydrogen (secondary N) is 2. The van der Waals surface area contributed by atoms with E-state index in [9.17, 15) is 9.59 Å². The van der Waals surface area contributed by atoms with E-state index in [1.165, 1.54) is 12.8 Å². The molecule has 6 nitrogen and oxygen atoms in total. The third-order valence-electron chi connectivity index (χ3n) is 7.58. The highest BCUT2D eigenvalue weighted by Crippen LogP contribution is 2.38. The lowest BCUT2D eigenvalue weighted by Crippen LogP contribution is -2.52. The summed E-state index contributed by atoms with van der Waals surface area (Å²) >= 11 is 0. The molecular weight excluding hydrogens is 414 g/mol. The Balaban J connectivity index is 1.68. The average Bonchev–Trinajstić information content (AvgIpc) is 2.84. The Bertz CT molecular complexity index is 770. The van der Waals surface area contributed by atoms with E-state index in [1.807, 2.05) is 25.1 Å². The van der Waals surface area contributed by atoms with Crippen molar-refractivity contribution in [2.24, 2.45) is 11.3 Å². The van der Waals surface area contributed by atoms with Crippen LogP contribution in [0.1, 0.15) is 82.5 Å². The minimum absolute atomic E-state index is 0.0986. The number of piperidine rings is 1. The number of nitrogens with zero attached hydrogens (tertiary/aromatic N) is 1. The highest BCUT2D eigenvalue weighted by molar-refractivity contribution is 5.96. The summed E-state index contributed by atoms with van der Waals surface area (Å²) in [5.41, 5.74) is 0.257. The van der Waals surface area contributed by atoms with Gasteiger partial charge in [-0.2, -0.15) is 0 Å². The van der Waals surface area contributed by atoms with Gasteiger partial charge in [0.25, 0.3) is 5.91 Å². The molecule has 33 heavy (non-hydrogen) atoms. The van der Waals surface area contributed by atoms with E-state index < -0.39 is 0 Å². The number of fused-ring (bicyclic) bond motifs is 1. The fourth-order valence-electron chi connectivity index (χ4n) is 5.14. The fourth-order valence-corrected chi connectivity index (χ4v) is 5.14. The van der Waals surface area contributed by atoms with Gasteiger partial charge in [0.15, 0.2) is 0 Å². The van der Waals surface area contributed by atoms with E-state index in [2.05, 4.69) is 29.4 Å². The molecule has 0 aliphatic carbocycles. The lowest BCUT2D eigenvalue weighted by Gasteiger charge is -2.42. The summed E-state index contributed by atoms with van der Waals surface area (Å²) in [5, 5.41) is 6.27. The van der Waals surface area contributed by atoms with Crippen LogP contribution in [-0.4, -0.2) is 55.5 Å². The zero-order chi connectivity index (χ0) is 23.7. The minimum Gasteiger partial charge on any atom is -0.491 e. The molecule has 0 unspecified atom stereocenters. The standard InChI is InChI=1S/C27H43N3O3/c1-4-22(5-2)19-30-17-14-27(15-18-30)13-9-6-10-16-28-25(31)23-11-7-8-12-24(23)33-20-21(3)29-26(27)32/h7-8,11-12,21-22H,4-6,9-10,13-20H2,1-3H3,(H,28,31)(H,29,32)/t21-/m0/s1. The van der Waals surface area contributed by atoms with Gasteiger partial charge in [-0.1, -0.05) is 51.7 Å². The number of hydrogen-bond acceptors (Lipinski definition) is 4. The van der Waals surface area contributed by atoms with E-state index >= 15 is 0 Å². The smallest absolute Gasteiger partial charge is 0.255 e. The molecule has 0 bridgehead atoms. The molecule has 6 heteroatoms. The van der Waals surface area contributed by atoms with Crippen molar-refractivity contribution in [2.75, 3.05) is 32.8 Å². The van der Waals surface area contributed by atoms with Crippen LogP contribution in [0.2, 0.25) is 0 Å². The second-order valence-electron chi connectivity index (χ2n) is 10.0. The monoisotopic (exact) mass is 457 g/mol.